The van der Waals surface area contributed by atoms with Gasteiger partial charge < -0.3 is 0 Å². The summed E-state index contributed by atoms with van der Waals surface area (Å²) in [7, 11) is 0. The van der Waals surface area contributed by atoms with E-state index >= 15 is 0 Å². The van der Waals surface area contributed by atoms with Crippen LogP contribution in [0, 0.1) is 0 Å². The third-order valence-electron chi connectivity index (χ3n) is 3.87. The molecule has 1 aliphatic carbocycles. The Balaban J connectivity index is 1.77. The molecule has 0 spiro atoms. The molecule has 1 amide bonds. The molecule has 1 unspecified atom stereocenters. The van der Waals surface area contributed by atoms with Crippen LogP contribution in [0.1, 0.15) is 64.2 Å². The zero-order chi connectivity index (χ0) is 11.9. The molecule has 0 aromatic heterocycles. The number of hydrogen-bond acceptors (Lipinski definition) is 1. The van der Waals surface area contributed by atoms with E-state index in [2.05, 4.69) is 5.32 Å². The van der Waals surface area contributed by atoms with Gasteiger partial charge in [-0.25, -0.2) is 0 Å². The maximum atomic E-state index is 12.2. The molecule has 2 aliphatic rings. The molecule has 3 heteroatoms. The van der Waals surface area contributed by atoms with Gasteiger partial charge in [0.1, 0.15) is 0 Å². The van der Waals surface area contributed by atoms with Crippen LogP contribution in [0.5, 0.6) is 0 Å². The van der Waals surface area contributed by atoms with E-state index in [0.717, 1.165) is 0 Å². The van der Waals surface area contributed by atoms with Gasteiger partial charge in [0.05, 0.1) is 0 Å². The molecule has 2 nitrogen and oxygen atoms in total. The molecule has 0 bridgehead atoms. The Morgan fingerprint density at radius 2 is 1.53 bits per heavy atom. The molecular weight excluding hydrogens is 325 g/mol. The van der Waals surface area contributed by atoms with E-state index in [1.54, 1.807) is 0 Å². The molecule has 100 valence electrons. The molecule has 1 aliphatic heterocycles. The van der Waals surface area contributed by atoms with Crippen molar-refractivity contribution in [2.75, 3.05) is 4.43 Å². The number of carbonyl (C=O) groups is 1. The number of halogens is 1. The summed E-state index contributed by atoms with van der Waals surface area (Å²) in [6.07, 6.45) is 13.0. The molecule has 1 atom stereocenters. The Kier molecular flexibility index (Phi) is 6.09. The van der Waals surface area contributed by atoms with Gasteiger partial charge in [0.25, 0.3) is 0 Å². The van der Waals surface area contributed by atoms with Crippen molar-refractivity contribution >= 4 is 5.91 Å². The van der Waals surface area contributed by atoms with Gasteiger partial charge in [-0.15, -0.1) is 0 Å². The second-order valence-corrected chi connectivity index (χ2v) is 8.82. The molecule has 0 aromatic rings. The predicted octanol–water partition coefficient (Wildman–Crippen LogP) is -0.143. The number of rotatable bonds is 2. The first-order valence-electron chi connectivity index (χ1n) is 7.24. The van der Waals surface area contributed by atoms with Crippen molar-refractivity contribution in [1.82, 2.24) is 5.32 Å². The molecule has 1 saturated carbocycles. The minimum atomic E-state index is 0.133. The summed E-state index contributed by atoms with van der Waals surface area (Å²) in [5.74, 6) is 0.409. The Hall–Kier alpha value is 0.200. The Morgan fingerprint density at radius 1 is 0.882 bits per heavy atom. The van der Waals surface area contributed by atoms with Crippen molar-refractivity contribution in [3.63, 3.8) is 0 Å². The van der Waals surface area contributed by atoms with Crippen LogP contribution in [0.15, 0.2) is 0 Å². The van der Waals surface area contributed by atoms with E-state index in [1.165, 1.54) is 68.6 Å². The van der Waals surface area contributed by atoms with Gasteiger partial charge in [-0.2, -0.15) is 0 Å². The van der Waals surface area contributed by atoms with E-state index in [9.17, 15) is 4.79 Å². The number of nitrogens with one attached hydrogen (secondary N) is 1. The minimum absolute atomic E-state index is 0.133. The zero-order valence-corrected chi connectivity index (χ0v) is 12.9. The Labute approximate surface area is 116 Å². The van der Waals surface area contributed by atoms with Crippen molar-refractivity contribution in [1.29, 1.82) is 0 Å². The monoisotopic (exact) mass is 350 g/mol. The first-order valence-corrected chi connectivity index (χ1v) is 10.0. The number of amides is 1. The molecule has 0 aromatic carbocycles. The number of alkyl halides is 2. The van der Waals surface area contributed by atoms with E-state index < -0.39 is 0 Å². The zero-order valence-electron chi connectivity index (χ0n) is 10.7. The Morgan fingerprint density at radius 3 is 2.29 bits per heavy atom. The van der Waals surface area contributed by atoms with Gasteiger partial charge in [0, 0.05) is 0 Å². The van der Waals surface area contributed by atoms with E-state index in [4.69, 9.17) is 0 Å². The second kappa shape index (κ2) is 7.59. The number of carbonyl (C=O) groups excluding carboxylic acids is 1. The van der Waals surface area contributed by atoms with Crippen molar-refractivity contribution < 1.29 is 26.0 Å². The molecule has 1 heterocycles. The fourth-order valence-electron chi connectivity index (χ4n) is 2.80. The first kappa shape index (κ1) is 13.6. The second-order valence-electron chi connectivity index (χ2n) is 5.36. The molecule has 2 fully saturated rings. The van der Waals surface area contributed by atoms with Crippen molar-refractivity contribution in [2.24, 2.45) is 0 Å². The van der Waals surface area contributed by atoms with E-state index in [0.29, 0.717) is 15.9 Å². The molecule has 1 N–H and O–H groups in total. The quantitative estimate of drug-likeness (QED) is 0.419. The average Bonchev–Trinajstić information content (AvgIpc) is 2.72. The van der Waals surface area contributed by atoms with E-state index in [1.807, 2.05) is 0 Å². The van der Waals surface area contributed by atoms with Gasteiger partial charge >= 0.3 is 116 Å². The van der Waals surface area contributed by atoms with Crippen molar-refractivity contribution in [3.05, 3.63) is 0 Å². The van der Waals surface area contributed by atoms with Crippen LogP contribution < -0.4 is 26.5 Å². The van der Waals surface area contributed by atoms with Crippen LogP contribution in [0.4, 0.5) is 0 Å². The van der Waals surface area contributed by atoms with Gasteiger partial charge in [0.15, 0.2) is 0 Å². The summed E-state index contributed by atoms with van der Waals surface area (Å²) in [6, 6.07) is 0.497. The van der Waals surface area contributed by atoms with Crippen molar-refractivity contribution in [2.45, 2.75) is 74.2 Å². The predicted molar refractivity (Wildman–Crippen MR) is 66.8 cm³/mol. The van der Waals surface area contributed by atoms with Gasteiger partial charge in [0.2, 0.25) is 0 Å². The van der Waals surface area contributed by atoms with Crippen molar-refractivity contribution in [3.8, 4) is 0 Å². The number of hydrogen-bond donors (Lipinski definition) is 1. The summed E-state index contributed by atoms with van der Waals surface area (Å²) in [5, 5.41) is 3.34. The summed E-state index contributed by atoms with van der Waals surface area (Å²) < 4.78 is 1.79. The van der Waals surface area contributed by atoms with Crippen LogP contribution in [0.2, 0.25) is 0 Å². The van der Waals surface area contributed by atoms with Crippen LogP contribution in [0.25, 0.3) is 0 Å². The van der Waals surface area contributed by atoms with Crippen LogP contribution in [-0.2, 0) is 4.79 Å². The third-order valence-corrected chi connectivity index (χ3v) is 7.51. The van der Waals surface area contributed by atoms with Gasteiger partial charge in [-0.1, -0.05) is 0 Å². The average molecular weight is 350 g/mol. The fraction of sp³-hybridized carbons (Fsp3) is 0.929. The van der Waals surface area contributed by atoms with Gasteiger partial charge in [-0.3, -0.25) is 0 Å². The fourth-order valence-corrected chi connectivity index (χ4v) is 5.99. The van der Waals surface area contributed by atoms with Gasteiger partial charge in [-0.05, 0) is 0 Å². The SMILES string of the molecule is O=C(NC1CCCCCC1)C1CCCCC[I-]1. The van der Waals surface area contributed by atoms with E-state index in [-0.39, 0.29) is 21.2 Å². The molecule has 1 saturated heterocycles. The molecule has 0 radical (unpaired) electrons. The first-order chi connectivity index (χ1) is 8.36. The Bertz CT molecular complexity index is 228. The standard InChI is InChI=1S/C14H25INO/c17-14(13-10-6-3-7-11-15-13)16-12-8-4-1-2-5-9-12/h12-13H,1-11H2,(H,16,17)/q-1. The third kappa shape index (κ3) is 4.76. The summed E-state index contributed by atoms with van der Waals surface area (Å²) in [4.78, 5) is 12.2. The van der Waals surface area contributed by atoms with Crippen LogP contribution in [0.3, 0.4) is 0 Å². The summed E-state index contributed by atoms with van der Waals surface area (Å²) in [6.45, 7) is 0. The molecule has 2 rings (SSSR count). The summed E-state index contributed by atoms with van der Waals surface area (Å²) >= 11 is 0.133. The topological polar surface area (TPSA) is 29.1 Å². The normalized spacial score (nSPS) is 28.6. The molecule has 17 heavy (non-hydrogen) atoms. The maximum absolute atomic E-state index is 12.2. The molecular formula is C14H25INO-. The summed E-state index contributed by atoms with van der Waals surface area (Å²) in [5.41, 5.74) is 0. The van der Waals surface area contributed by atoms with Crippen LogP contribution >= 0.6 is 0 Å². The van der Waals surface area contributed by atoms with Crippen LogP contribution in [-0.4, -0.2) is 20.3 Å².